The fraction of sp³-hybridized carbons (Fsp3) is 0.200. The summed E-state index contributed by atoms with van der Waals surface area (Å²) in [5, 5.41) is 73.7. The molecule has 1 aromatic heterocycles. The second kappa shape index (κ2) is 8.70. The molecule has 1 fully saturated rings. The fourth-order valence-corrected chi connectivity index (χ4v) is 2.85. The smallest absolute Gasteiger partial charge is 0.238 e. The zero-order valence-electron chi connectivity index (χ0n) is 15.7. The summed E-state index contributed by atoms with van der Waals surface area (Å²) in [6, 6.07) is 5.64. The summed E-state index contributed by atoms with van der Waals surface area (Å²) < 4.78 is 10.0. The van der Waals surface area contributed by atoms with E-state index in [2.05, 4.69) is 4.74 Å². The lowest BCUT2D eigenvalue weighted by Gasteiger charge is -2.10. The number of aliphatic hydroxyl groups is 3. The molecule has 0 spiro atoms. The van der Waals surface area contributed by atoms with Crippen molar-refractivity contribution < 1.29 is 50.0 Å². The van der Waals surface area contributed by atoms with E-state index in [1.807, 2.05) is 0 Å². The van der Waals surface area contributed by atoms with Crippen LogP contribution >= 0.6 is 0 Å². The molecule has 0 saturated carbocycles. The van der Waals surface area contributed by atoms with Gasteiger partial charge in [-0.25, -0.2) is 0 Å². The normalized spacial score (nSPS) is 20.4. The first-order chi connectivity index (χ1) is 14.6. The van der Waals surface area contributed by atoms with E-state index in [1.54, 1.807) is 0 Å². The standard InChI is InChI=1S/C15H10O7.C5H9O4/c16-7-4-10(19)12-11(5-7)22-15(14(21)13(12)20)6-1-2-8(17)9(18)3-6;6-1-4-5(8)3(7)2-9-4/h1-5,16-19,21H;2-8H,1H2/t;3-,4-,5+/m.1/s1. The highest BCUT2D eigenvalue weighted by Gasteiger charge is 2.34. The Hall–Kier alpha value is -3.51. The number of benzene rings is 2. The fourth-order valence-electron chi connectivity index (χ4n) is 2.85. The molecule has 2 heterocycles. The molecular weight excluding hydrogens is 416 g/mol. The minimum Gasteiger partial charge on any atom is -0.508 e. The van der Waals surface area contributed by atoms with Crippen molar-refractivity contribution in [3.05, 3.63) is 47.2 Å². The lowest BCUT2D eigenvalue weighted by Crippen LogP contribution is -2.31. The first-order valence-corrected chi connectivity index (χ1v) is 8.84. The lowest BCUT2D eigenvalue weighted by atomic mass is 10.1. The minimum atomic E-state index is -0.977. The third-order valence-corrected chi connectivity index (χ3v) is 4.48. The van der Waals surface area contributed by atoms with Crippen molar-refractivity contribution in [3.63, 3.8) is 0 Å². The van der Waals surface area contributed by atoms with Gasteiger partial charge in [-0.2, -0.15) is 0 Å². The maximum absolute atomic E-state index is 12.1. The molecule has 2 aromatic carbocycles. The summed E-state index contributed by atoms with van der Waals surface area (Å²) in [7, 11) is 0. The van der Waals surface area contributed by atoms with Crippen LogP contribution < -0.4 is 5.43 Å². The molecule has 3 atom stereocenters. The van der Waals surface area contributed by atoms with Gasteiger partial charge in [0.2, 0.25) is 11.2 Å². The Morgan fingerprint density at radius 3 is 2.16 bits per heavy atom. The highest BCUT2D eigenvalue weighted by Crippen LogP contribution is 2.37. The van der Waals surface area contributed by atoms with Crippen LogP contribution in [0.25, 0.3) is 22.3 Å². The molecule has 3 aromatic rings. The van der Waals surface area contributed by atoms with E-state index in [0.717, 1.165) is 30.9 Å². The number of aromatic hydroxyl groups is 5. The Morgan fingerprint density at radius 2 is 1.61 bits per heavy atom. The van der Waals surface area contributed by atoms with Crippen molar-refractivity contribution >= 4 is 11.0 Å². The minimum absolute atomic E-state index is 0.134. The van der Waals surface area contributed by atoms with Crippen molar-refractivity contribution in [3.8, 4) is 40.1 Å². The predicted octanol–water partition coefficient (Wildman–Crippen LogP) is 0.249. The Morgan fingerprint density at radius 1 is 0.903 bits per heavy atom. The predicted molar refractivity (Wildman–Crippen MR) is 105 cm³/mol. The van der Waals surface area contributed by atoms with Gasteiger partial charge in [0.1, 0.15) is 47.4 Å². The topological polar surface area (TPSA) is 201 Å². The van der Waals surface area contributed by atoms with E-state index in [0.29, 0.717) is 0 Å². The number of ether oxygens (including phenoxy) is 1. The van der Waals surface area contributed by atoms with Crippen LogP contribution in [0.3, 0.4) is 0 Å². The van der Waals surface area contributed by atoms with Gasteiger partial charge >= 0.3 is 0 Å². The van der Waals surface area contributed by atoms with Crippen LogP contribution in [0.2, 0.25) is 0 Å². The lowest BCUT2D eigenvalue weighted by molar-refractivity contribution is -0.00317. The third kappa shape index (κ3) is 4.34. The Balaban J connectivity index is 0.000000254. The van der Waals surface area contributed by atoms with Gasteiger partial charge < -0.3 is 50.0 Å². The summed E-state index contributed by atoms with van der Waals surface area (Å²) in [5.74, 6) is -2.71. The van der Waals surface area contributed by atoms with Crippen LogP contribution in [0.4, 0.5) is 0 Å². The van der Waals surface area contributed by atoms with Gasteiger partial charge in [-0.05, 0) is 18.2 Å². The quantitative estimate of drug-likeness (QED) is 0.256. The molecule has 8 N–H and O–H groups in total. The first-order valence-electron chi connectivity index (χ1n) is 8.84. The average Bonchev–Trinajstić information content (AvgIpc) is 3.04. The Bertz CT molecular complexity index is 1150. The molecule has 0 amide bonds. The molecule has 11 heteroatoms. The molecule has 1 aliphatic heterocycles. The highest BCUT2D eigenvalue weighted by atomic mass is 16.5. The van der Waals surface area contributed by atoms with Crippen LogP contribution in [0.1, 0.15) is 0 Å². The second-order valence-corrected chi connectivity index (χ2v) is 6.62. The van der Waals surface area contributed by atoms with Crippen LogP contribution in [0, 0.1) is 6.61 Å². The van der Waals surface area contributed by atoms with Crippen molar-refractivity contribution in [1.82, 2.24) is 0 Å². The molecule has 0 bridgehead atoms. The SMILES string of the molecule is O=c1c(O)c(-c2ccc(O)c(O)c2)oc2cc(O)cc(O)c12.OC[C@H]1O[CH][C@@H](O)[C@@H]1O. The van der Waals surface area contributed by atoms with Crippen molar-refractivity contribution in [2.24, 2.45) is 0 Å². The van der Waals surface area contributed by atoms with Crippen LogP contribution in [-0.4, -0.2) is 65.8 Å². The molecule has 165 valence electrons. The van der Waals surface area contributed by atoms with Gasteiger partial charge in [0, 0.05) is 17.7 Å². The van der Waals surface area contributed by atoms with E-state index in [9.17, 15) is 30.3 Å². The maximum atomic E-state index is 12.1. The van der Waals surface area contributed by atoms with Gasteiger partial charge in [0.25, 0.3) is 0 Å². The number of hydrogen-bond donors (Lipinski definition) is 8. The maximum Gasteiger partial charge on any atom is 0.238 e. The number of phenolic OH excluding ortho intramolecular Hbond substituents is 4. The van der Waals surface area contributed by atoms with Gasteiger partial charge in [-0.15, -0.1) is 0 Å². The molecule has 4 rings (SSSR count). The number of hydrogen-bond acceptors (Lipinski definition) is 11. The van der Waals surface area contributed by atoms with Crippen LogP contribution in [-0.2, 0) is 4.74 Å². The van der Waals surface area contributed by atoms with E-state index in [1.165, 1.54) is 6.07 Å². The average molecular weight is 435 g/mol. The molecule has 1 radical (unpaired) electrons. The number of aliphatic hydroxyl groups excluding tert-OH is 3. The molecular formula is C20H19O11. The summed E-state index contributed by atoms with van der Waals surface area (Å²) in [6.45, 7) is 0.848. The number of rotatable bonds is 2. The zero-order valence-corrected chi connectivity index (χ0v) is 15.7. The van der Waals surface area contributed by atoms with Crippen LogP contribution in [0.15, 0.2) is 39.5 Å². The number of phenols is 4. The van der Waals surface area contributed by atoms with Crippen molar-refractivity contribution in [1.29, 1.82) is 0 Å². The van der Waals surface area contributed by atoms with Gasteiger partial charge in [-0.1, -0.05) is 0 Å². The Kier molecular flexibility index (Phi) is 6.22. The van der Waals surface area contributed by atoms with Crippen molar-refractivity contribution in [2.75, 3.05) is 6.61 Å². The first kappa shape index (κ1) is 22.2. The van der Waals surface area contributed by atoms with E-state index >= 15 is 0 Å². The van der Waals surface area contributed by atoms with Crippen molar-refractivity contribution in [2.45, 2.75) is 18.3 Å². The molecule has 0 unspecified atom stereocenters. The summed E-state index contributed by atoms with van der Waals surface area (Å²) in [4.78, 5) is 12.1. The number of fused-ring (bicyclic) bond motifs is 1. The molecule has 0 aliphatic carbocycles. The molecule has 11 nitrogen and oxygen atoms in total. The van der Waals surface area contributed by atoms with E-state index < -0.39 is 41.0 Å². The zero-order chi connectivity index (χ0) is 22.9. The summed E-state index contributed by atoms with van der Waals surface area (Å²) in [6.07, 6.45) is -2.59. The second-order valence-electron chi connectivity index (χ2n) is 6.62. The van der Waals surface area contributed by atoms with E-state index in [4.69, 9.17) is 19.7 Å². The summed E-state index contributed by atoms with van der Waals surface area (Å²) >= 11 is 0. The van der Waals surface area contributed by atoms with Gasteiger partial charge in [-0.3, -0.25) is 4.79 Å². The van der Waals surface area contributed by atoms with Crippen LogP contribution in [0.5, 0.6) is 28.7 Å². The highest BCUT2D eigenvalue weighted by molar-refractivity contribution is 5.88. The monoisotopic (exact) mass is 435 g/mol. The molecule has 1 aliphatic rings. The molecule has 31 heavy (non-hydrogen) atoms. The molecule has 1 saturated heterocycles. The van der Waals surface area contributed by atoms with E-state index in [-0.39, 0.29) is 40.4 Å². The third-order valence-electron chi connectivity index (χ3n) is 4.48. The largest absolute Gasteiger partial charge is 0.508 e. The Labute approximate surface area is 173 Å². The summed E-state index contributed by atoms with van der Waals surface area (Å²) in [5.41, 5.74) is -0.890. The van der Waals surface area contributed by atoms with Gasteiger partial charge in [0.15, 0.2) is 17.3 Å². The van der Waals surface area contributed by atoms with Gasteiger partial charge in [0.05, 0.1) is 6.61 Å².